The average Bonchev–Trinajstić information content (AvgIpc) is 3.02. The molecule has 0 fully saturated rings. The molecule has 0 amide bonds. The molecular formula is C12H7ClN2S2. The van der Waals surface area contributed by atoms with E-state index in [4.69, 9.17) is 11.6 Å². The van der Waals surface area contributed by atoms with Crippen molar-refractivity contribution in [3.8, 4) is 21.3 Å². The van der Waals surface area contributed by atoms with Gasteiger partial charge in [0.05, 0.1) is 15.4 Å². The fourth-order valence-corrected chi connectivity index (χ4v) is 3.01. The Balaban J connectivity index is 2.13. The van der Waals surface area contributed by atoms with E-state index in [9.17, 15) is 0 Å². The van der Waals surface area contributed by atoms with Crippen LogP contribution in [0.3, 0.4) is 0 Å². The van der Waals surface area contributed by atoms with Gasteiger partial charge in [0.2, 0.25) is 0 Å². The molecule has 3 heterocycles. The molecule has 0 spiro atoms. The number of aromatic nitrogens is 2. The highest BCUT2D eigenvalue weighted by molar-refractivity contribution is 7.13. The van der Waals surface area contributed by atoms with Crippen molar-refractivity contribution in [1.29, 1.82) is 0 Å². The highest BCUT2D eigenvalue weighted by Crippen LogP contribution is 2.28. The van der Waals surface area contributed by atoms with Crippen molar-refractivity contribution in [1.82, 2.24) is 9.97 Å². The molecular weight excluding hydrogens is 272 g/mol. The quantitative estimate of drug-likeness (QED) is 0.641. The normalized spacial score (nSPS) is 10.6. The summed E-state index contributed by atoms with van der Waals surface area (Å²) >= 11 is 9.30. The Bertz CT molecular complexity index is 566. The Morgan fingerprint density at radius 3 is 2.29 bits per heavy atom. The SMILES string of the molecule is Clc1cc(-c2cccs2)nc(-c2cccs2)n1. The summed E-state index contributed by atoms with van der Waals surface area (Å²) < 4.78 is 0. The number of hydrogen-bond acceptors (Lipinski definition) is 4. The molecule has 0 atom stereocenters. The van der Waals surface area contributed by atoms with Crippen LogP contribution < -0.4 is 0 Å². The number of halogens is 1. The van der Waals surface area contributed by atoms with E-state index >= 15 is 0 Å². The zero-order chi connectivity index (χ0) is 11.7. The van der Waals surface area contributed by atoms with E-state index in [1.807, 2.05) is 35.0 Å². The standard InChI is InChI=1S/C12H7ClN2S2/c13-11-7-8(9-3-1-5-16-9)14-12(15-11)10-4-2-6-17-10/h1-7H. The highest BCUT2D eigenvalue weighted by atomic mass is 35.5. The Hall–Kier alpha value is -1.23. The molecule has 2 nitrogen and oxygen atoms in total. The first-order valence-electron chi connectivity index (χ1n) is 4.95. The lowest BCUT2D eigenvalue weighted by Gasteiger charge is -2.01. The van der Waals surface area contributed by atoms with Crippen molar-refractivity contribution in [2.45, 2.75) is 0 Å². The van der Waals surface area contributed by atoms with Crippen molar-refractivity contribution in [3.05, 3.63) is 46.2 Å². The van der Waals surface area contributed by atoms with E-state index in [1.54, 1.807) is 28.7 Å². The summed E-state index contributed by atoms with van der Waals surface area (Å²) in [6.07, 6.45) is 0. The molecule has 3 rings (SSSR count). The molecule has 0 aliphatic heterocycles. The fourth-order valence-electron chi connectivity index (χ4n) is 1.48. The van der Waals surface area contributed by atoms with Gasteiger partial charge in [0.15, 0.2) is 5.82 Å². The number of hydrogen-bond donors (Lipinski definition) is 0. The summed E-state index contributed by atoms with van der Waals surface area (Å²) in [5, 5.41) is 4.51. The van der Waals surface area contributed by atoms with E-state index in [2.05, 4.69) is 9.97 Å². The largest absolute Gasteiger partial charge is 0.226 e. The molecule has 0 unspecified atom stereocenters. The van der Waals surface area contributed by atoms with E-state index in [-0.39, 0.29) is 0 Å². The third kappa shape index (κ3) is 2.24. The Kier molecular flexibility index (Phi) is 2.93. The fraction of sp³-hybridized carbons (Fsp3) is 0. The molecule has 0 bridgehead atoms. The van der Waals surface area contributed by atoms with E-state index < -0.39 is 0 Å². The molecule has 0 aromatic carbocycles. The van der Waals surface area contributed by atoms with Gasteiger partial charge in [-0.15, -0.1) is 22.7 Å². The van der Waals surface area contributed by atoms with Gasteiger partial charge < -0.3 is 0 Å². The highest BCUT2D eigenvalue weighted by Gasteiger charge is 2.08. The molecule has 0 saturated heterocycles. The van der Waals surface area contributed by atoms with Gasteiger partial charge in [0.25, 0.3) is 0 Å². The van der Waals surface area contributed by atoms with Gasteiger partial charge in [0.1, 0.15) is 5.15 Å². The molecule has 84 valence electrons. The van der Waals surface area contributed by atoms with Crippen LogP contribution in [0.1, 0.15) is 0 Å². The van der Waals surface area contributed by atoms with E-state index in [1.165, 1.54) is 0 Å². The summed E-state index contributed by atoms with van der Waals surface area (Å²) in [6.45, 7) is 0. The van der Waals surface area contributed by atoms with Gasteiger partial charge >= 0.3 is 0 Å². The van der Waals surface area contributed by atoms with Crippen LogP contribution in [0.15, 0.2) is 41.1 Å². The van der Waals surface area contributed by atoms with Crippen molar-refractivity contribution in [2.24, 2.45) is 0 Å². The third-order valence-electron chi connectivity index (χ3n) is 2.21. The maximum absolute atomic E-state index is 6.04. The monoisotopic (exact) mass is 278 g/mol. The first-order valence-corrected chi connectivity index (χ1v) is 7.09. The summed E-state index contributed by atoms with van der Waals surface area (Å²) in [5.74, 6) is 0.691. The Labute approximate surface area is 112 Å². The van der Waals surface area contributed by atoms with Crippen LogP contribution in [0.5, 0.6) is 0 Å². The second-order valence-corrected chi connectivity index (χ2v) is 5.64. The van der Waals surface area contributed by atoms with Gasteiger partial charge in [-0.3, -0.25) is 0 Å². The lowest BCUT2D eigenvalue weighted by Crippen LogP contribution is -1.90. The van der Waals surface area contributed by atoms with Crippen LogP contribution in [0, 0.1) is 0 Å². The maximum Gasteiger partial charge on any atom is 0.171 e. The van der Waals surface area contributed by atoms with Gasteiger partial charge in [-0.2, -0.15) is 0 Å². The second kappa shape index (κ2) is 4.56. The van der Waals surface area contributed by atoms with Crippen molar-refractivity contribution < 1.29 is 0 Å². The third-order valence-corrected chi connectivity index (χ3v) is 4.16. The van der Waals surface area contributed by atoms with E-state index in [0.29, 0.717) is 11.0 Å². The van der Waals surface area contributed by atoms with E-state index in [0.717, 1.165) is 15.4 Å². The summed E-state index contributed by atoms with van der Waals surface area (Å²) in [5.41, 5.74) is 0.878. The first-order chi connectivity index (χ1) is 8.33. The minimum atomic E-state index is 0.479. The first kappa shape index (κ1) is 10.9. The average molecular weight is 279 g/mol. The van der Waals surface area contributed by atoms with Gasteiger partial charge in [0, 0.05) is 6.07 Å². The van der Waals surface area contributed by atoms with Crippen LogP contribution in [0.2, 0.25) is 5.15 Å². The van der Waals surface area contributed by atoms with Crippen molar-refractivity contribution in [3.63, 3.8) is 0 Å². The van der Waals surface area contributed by atoms with Crippen LogP contribution in [-0.4, -0.2) is 9.97 Å². The zero-order valence-electron chi connectivity index (χ0n) is 8.63. The van der Waals surface area contributed by atoms with Crippen molar-refractivity contribution >= 4 is 34.3 Å². The number of thiophene rings is 2. The van der Waals surface area contributed by atoms with Crippen LogP contribution in [0.4, 0.5) is 0 Å². The van der Waals surface area contributed by atoms with Crippen LogP contribution in [0.25, 0.3) is 21.3 Å². The summed E-state index contributed by atoms with van der Waals surface area (Å²) in [4.78, 5) is 10.9. The minimum absolute atomic E-state index is 0.479. The number of nitrogens with zero attached hydrogens (tertiary/aromatic N) is 2. The van der Waals surface area contributed by atoms with Gasteiger partial charge in [-0.05, 0) is 22.9 Å². The number of rotatable bonds is 2. The molecule has 0 N–H and O–H groups in total. The Morgan fingerprint density at radius 1 is 0.941 bits per heavy atom. The molecule has 0 aliphatic rings. The zero-order valence-corrected chi connectivity index (χ0v) is 11.0. The topological polar surface area (TPSA) is 25.8 Å². The van der Waals surface area contributed by atoms with Crippen LogP contribution >= 0.6 is 34.3 Å². The smallest absolute Gasteiger partial charge is 0.171 e. The minimum Gasteiger partial charge on any atom is -0.226 e. The molecule has 0 saturated carbocycles. The van der Waals surface area contributed by atoms with Gasteiger partial charge in [-0.25, -0.2) is 9.97 Å². The lowest BCUT2D eigenvalue weighted by molar-refractivity contribution is 1.19. The summed E-state index contributed by atoms with van der Waals surface area (Å²) in [6, 6.07) is 9.80. The van der Waals surface area contributed by atoms with Crippen molar-refractivity contribution in [2.75, 3.05) is 0 Å². The molecule has 3 aromatic heterocycles. The molecule has 0 aliphatic carbocycles. The summed E-state index contributed by atoms with van der Waals surface area (Å²) in [7, 11) is 0. The van der Waals surface area contributed by atoms with Crippen LogP contribution in [-0.2, 0) is 0 Å². The maximum atomic E-state index is 6.04. The molecule has 0 radical (unpaired) electrons. The predicted octanol–water partition coefficient (Wildman–Crippen LogP) is 4.59. The molecule has 17 heavy (non-hydrogen) atoms. The molecule has 3 aromatic rings. The Morgan fingerprint density at radius 2 is 1.65 bits per heavy atom. The second-order valence-electron chi connectivity index (χ2n) is 3.35. The predicted molar refractivity (Wildman–Crippen MR) is 73.7 cm³/mol. The molecule has 5 heteroatoms. The lowest BCUT2D eigenvalue weighted by atomic mass is 10.3. The van der Waals surface area contributed by atoms with Gasteiger partial charge in [-0.1, -0.05) is 23.7 Å².